The summed E-state index contributed by atoms with van der Waals surface area (Å²) in [5.74, 6) is -1.25. The number of benzene rings is 2. The van der Waals surface area contributed by atoms with Crippen LogP contribution in [0.25, 0.3) is 0 Å². The lowest BCUT2D eigenvalue weighted by atomic mass is 10.1. The van der Waals surface area contributed by atoms with Gasteiger partial charge < -0.3 is 14.8 Å². The topological polar surface area (TPSA) is 111 Å². The van der Waals surface area contributed by atoms with Crippen molar-refractivity contribution in [3.8, 4) is 5.75 Å². The number of methoxy groups -OCH3 is 1. The van der Waals surface area contributed by atoms with Crippen LogP contribution >= 0.6 is 0 Å². The van der Waals surface area contributed by atoms with Gasteiger partial charge in [0.05, 0.1) is 12.7 Å². The van der Waals surface area contributed by atoms with E-state index < -0.39 is 28.5 Å². The van der Waals surface area contributed by atoms with Crippen molar-refractivity contribution in [1.82, 2.24) is 4.72 Å². The lowest BCUT2D eigenvalue weighted by Crippen LogP contribution is -2.22. The summed E-state index contributed by atoms with van der Waals surface area (Å²) in [6.45, 7) is 3.30. The number of amides is 1. The standard InChI is InChI=1S/C19H22N2O6S/c1-12-7-13(2)9-15(8-12)21-18(22)11-27-19(23)14-5-6-16(26-4)17(10-14)28(24,25)20-3/h5-10,20H,11H2,1-4H3,(H,21,22). The van der Waals surface area contributed by atoms with Crippen LogP contribution in [0.3, 0.4) is 0 Å². The number of rotatable bonds is 7. The number of aryl methyl sites for hydroxylation is 2. The SMILES string of the molecule is CNS(=O)(=O)c1cc(C(=O)OCC(=O)Nc2cc(C)cc(C)c2)ccc1OC. The summed E-state index contributed by atoms with van der Waals surface area (Å²) >= 11 is 0. The first-order chi connectivity index (χ1) is 13.2. The van der Waals surface area contributed by atoms with Crippen molar-refractivity contribution >= 4 is 27.6 Å². The Bertz CT molecular complexity index is 981. The lowest BCUT2D eigenvalue weighted by molar-refractivity contribution is -0.119. The molecule has 150 valence electrons. The highest BCUT2D eigenvalue weighted by Crippen LogP contribution is 2.25. The Morgan fingerprint density at radius 3 is 2.25 bits per heavy atom. The number of nitrogens with one attached hydrogen (secondary N) is 2. The van der Waals surface area contributed by atoms with Crippen LogP contribution in [0.2, 0.25) is 0 Å². The van der Waals surface area contributed by atoms with E-state index in [0.29, 0.717) is 5.69 Å². The average Bonchev–Trinajstić information content (AvgIpc) is 2.64. The Morgan fingerprint density at radius 1 is 1.04 bits per heavy atom. The molecular formula is C19H22N2O6S. The monoisotopic (exact) mass is 406 g/mol. The summed E-state index contributed by atoms with van der Waals surface area (Å²) < 4.78 is 36.3. The summed E-state index contributed by atoms with van der Waals surface area (Å²) in [5.41, 5.74) is 2.56. The van der Waals surface area contributed by atoms with Gasteiger partial charge in [-0.2, -0.15) is 0 Å². The van der Waals surface area contributed by atoms with Crippen molar-refractivity contribution in [3.63, 3.8) is 0 Å². The number of anilines is 1. The molecule has 0 saturated heterocycles. The Labute approximate surface area is 163 Å². The number of sulfonamides is 1. The fraction of sp³-hybridized carbons (Fsp3) is 0.263. The molecule has 28 heavy (non-hydrogen) atoms. The summed E-state index contributed by atoms with van der Waals surface area (Å²) in [4.78, 5) is 24.0. The van der Waals surface area contributed by atoms with Crippen LogP contribution in [0.1, 0.15) is 21.5 Å². The van der Waals surface area contributed by atoms with Gasteiger partial charge in [0.2, 0.25) is 10.0 Å². The van der Waals surface area contributed by atoms with Gasteiger partial charge in [-0.3, -0.25) is 4.79 Å². The van der Waals surface area contributed by atoms with E-state index in [2.05, 4.69) is 10.0 Å². The number of ether oxygens (including phenoxy) is 2. The summed E-state index contributed by atoms with van der Waals surface area (Å²) in [6.07, 6.45) is 0. The molecule has 0 aromatic heterocycles. The van der Waals surface area contributed by atoms with Gasteiger partial charge in [-0.25, -0.2) is 17.9 Å². The van der Waals surface area contributed by atoms with Gasteiger partial charge in [0, 0.05) is 5.69 Å². The summed E-state index contributed by atoms with van der Waals surface area (Å²) in [5, 5.41) is 2.65. The summed E-state index contributed by atoms with van der Waals surface area (Å²) in [6, 6.07) is 9.40. The second kappa shape index (κ2) is 8.85. The smallest absolute Gasteiger partial charge is 0.338 e. The second-order valence-corrected chi connectivity index (χ2v) is 7.93. The van der Waals surface area contributed by atoms with Gasteiger partial charge in [0.15, 0.2) is 6.61 Å². The van der Waals surface area contributed by atoms with Crippen LogP contribution in [0.4, 0.5) is 5.69 Å². The van der Waals surface area contributed by atoms with Crippen molar-refractivity contribution < 1.29 is 27.5 Å². The highest BCUT2D eigenvalue weighted by molar-refractivity contribution is 7.89. The Balaban J connectivity index is 2.08. The number of hydrogen-bond acceptors (Lipinski definition) is 6. The normalized spacial score (nSPS) is 11.0. The summed E-state index contributed by atoms with van der Waals surface area (Å²) in [7, 11) is -1.27. The molecule has 0 bridgehead atoms. The van der Waals surface area contributed by atoms with Crippen molar-refractivity contribution in [2.24, 2.45) is 0 Å². The highest BCUT2D eigenvalue weighted by Gasteiger charge is 2.21. The minimum Gasteiger partial charge on any atom is -0.495 e. The van der Waals surface area contributed by atoms with E-state index in [1.807, 2.05) is 19.9 Å². The van der Waals surface area contributed by atoms with Crippen LogP contribution in [0.15, 0.2) is 41.3 Å². The van der Waals surface area contributed by atoms with Gasteiger partial charge in [-0.15, -0.1) is 0 Å². The minimum atomic E-state index is -3.84. The quantitative estimate of drug-likeness (QED) is 0.681. The molecule has 0 radical (unpaired) electrons. The highest BCUT2D eigenvalue weighted by atomic mass is 32.2. The van der Waals surface area contributed by atoms with E-state index in [9.17, 15) is 18.0 Å². The molecule has 8 nitrogen and oxygen atoms in total. The molecule has 0 spiro atoms. The third-order valence-corrected chi connectivity index (χ3v) is 5.23. The zero-order chi connectivity index (χ0) is 20.9. The molecular weight excluding hydrogens is 384 g/mol. The predicted molar refractivity (Wildman–Crippen MR) is 104 cm³/mol. The molecule has 0 unspecified atom stereocenters. The molecule has 0 saturated carbocycles. The maximum absolute atomic E-state index is 12.2. The molecule has 1 amide bonds. The molecule has 2 rings (SSSR count). The average molecular weight is 406 g/mol. The molecule has 0 aliphatic rings. The van der Waals surface area contributed by atoms with Crippen molar-refractivity contribution in [2.45, 2.75) is 18.7 Å². The van der Waals surface area contributed by atoms with Gasteiger partial charge in [-0.1, -0.05) is 6.07 Å². The van der Waals surface area contributed by atoms with Gasteiger partial charge in [0.1, 0.15) is 10.6 Å². The Morgan fingerprint density at radius 2 is 1.68 bits per heavy atom. The molecule has 2 aromatic rings. The first-order valence-electron chi connectivity index (χ1n) is 8.33. The van der Waals surface area contributed by atoms with Crippen LogP contribution in [-0.4, -0.2) is 41.1 Å². The zero-order valence-electron chi connectivity index (χ0n) is 16.0. The van der Waals surface area contributed by atoms with E-state index in [4.69, 9.17) is 9.47 Å². The Kier molecular flexibility index (Phi) is 6.76. The zero-order valence-corrected chi connectivity index (χ0v) is 16.8. The molecule has 9 heteroatoms. The largest absolute Gasteiger partial charge is 0.495 e. The molecule has 2 N–H and O–H groups in total. The number of carbonyl (C=O) groups excluding carboxylic acids is 2. The van der Waals surface area contributed by atoms with Crippen LogP contribution < -0.4 is 14.8 Å². The maximum Gasteiger partial charge on any atom is 0.338 e. The van der Waals surface area contributed by atoms with E-state index in [0.717, 1.165) is 17.2 Å². The number of carbonyl (C=O) groups is 2. The fourth-order valence-corrected chi connectivity index (χ4v) is 3.50. The second-order valence-electron chi connectivity index (χ2n) is 6.07. The molecule has 0 heterocycles. The first-order valence-corrected chi connectivity index (χ1v) is 9.81. The van der Waals surface area contributed by atoms with E-state index >= 15 is 0 Å². The minimum absolute atomic E-state index is 0.0196. The third kappa shape index (κ3) is 5.30. The molecule has 0 fully saturated rings. The van der Waals surface area contributed by atoms with E-state index in [-0.39, 0.29) is 16.2 Å². The van der Waals surface area contributed by atoms with Crippen LogP contribution in [0, 0.1) is 13.8 Å². The fourth-order valence-electron chi connectivity index (χ4n) is 2.58. The van der Waals surface area contributed by atoms with Crippen molar-refractivity contribution in [3.05, 3.63) is 53.1 Å². The van der Waals surface area contributed by atoms with Gasteiger partial charge in [0.25, 0.3) is 5.91 Å². The van der Waals surface area contributed by atoms with Gasteiger partial charge >= 0.3 is 5.97 Å². The molecule has 0 aliphatic carbocycles. The first kappa shape index (κ1) is 21.4. The van der Waals surface area contributed by atoms with Crippen LogP contribution in [-0.2, 0) is 19.6 Å². The molecule has 0 aliphatic heterocycles. The van der Waals surface area contributed by atoms with Crippen LogP contribution in [0.5, 0.6) is 5.75 Å². The lowest BCUT2D eigenvalue weighted by Gasteiger charge is -2.11. The molecule has 0 atom stereocenters. The Hall–Kier alpha value is -2.91. The number of esters is 1. The maximum atomic E-state index is 12.2. The number of hydrogen-bond donors (Lipinski definition) is 2. The van der Waals surface area contributed by atoms with E-state index in [1.54, 1.807) is 12.1 Å². The molecule has 2 aromatic carbocycles. The van der Waals surface area contributed by atoms with E-state index in [1.165, 1.54) is 26.3 Å². The van der Waals surface area contributed by atoms with Crippen molar-refractivity contribution in [1.29, 1.82) is 0 Å². The van der Waals surface area contributed by atoms with Crippen molar-refractivity contribution in [2.75, 3.05) is 26.1 Å². The predicted octanol–water partition coefficient (Wildman–Crippen LogP) is 2.02. The third-order valence-electron chi connectivity index (χ3n) is 3.80. The van der Waals surface area contributed by atoms with Gasteiger partial charge in [-0.05, 0) is 62.4 Å².